The molecule has 4 nitrogen and oxygen atoms in total. The summed E-state index contributed by atoms with van der Waals surface area (Å²) in [6.45, 7) is 4.14. The molecule has 108 valence electrons. The monoisotopic (exact) mass is 275 g/mol. The van der Waals surface area contributed by atoms with Crippen molar-refractivity contribution >= 4 is 11.9 Å². The van der Waals surface area contributed by atoms with Gasteiger partial charge in [0.25, 0.3) is 0 Å². The van der Waals surface area contributed by atoms with Gasteiger partial charge in [-0.05, 0) is 17.9 Å². The first-order valence-electron chi connectivity index (χ1n) is 6.98. The third-order valence-corrected chi connectivity index (χ3v) is 3.96. The third-order valence-electron chi connectivity index (χ3n) is 3.96. The minimum Gasteiger partial charge on any atom is -0.481 e. The Balaban J connectivity index is 2.15. The molecule has 0 saturated heterocycles. The number of aliphatic carboxylic acids is 1. The van der Waals surface area contributed by atoms with Crippen molar-refractivity contribution in [2.75, 3.05) is 7.05 Å². The number of carboxylic acids is 1. The minimum absolute atomic E-state index is 0.0151. The molecule has 1 aromatic carbocycles. The van der Waals surface area contributed by atoms with Crippen molar-refractivity contribution in [1.82, 2.24) is 4.90 Å². The van der Waals surface area contributed by atoms with Gasteiger partial charge in [0.05, 0.1) is 17.9 Å². The molecule has 1 N–H and O–H groups in total. The van der Waals surface area contributed by atoms with Crippen molar-refractivity contribution in [3.8, 4) is 0 Å². The Labute approximate surface area is 119 Å². The van der Waals surface area contributed by atoms with Crippen LogP contribution in [0.15, 0.2) is 30.3 Å². The Morgan fingerprint density at radius 3 is 2.25 bits per heavy atom. The SMILES string of the molecule is CC(C)C(c1ccccc1)N(C)C(=O)C1CC1C(=O)O. The lowest BCUT2D eigenvalue weighted by Gasteiger charge is -2.32. The highest BCUT2D eigenvalue weighted by molar-refractivity contribution is 5.89. The number of hydrogen-bond acceptors (Lipinski definition) is 2. The number of carboxylic acid groups (broad SMARTS) is 1. The van der Waals surface area contributed by atoms with Crippen molar-refractivity contribution in [3.05, 3.63) is 35.9 Å². The van der Waals surface area contributed by atoms with Crippen LogP contribution in [0.1, 0.15) is 31.9 Å². The van der Waals surface area contributed by atoms with E-state index < -0.39 is 11.9 Å². The van der Waals surface area contributed by atoms with Gasteiger partial charge in [0.15, 0.2) is 0 Å². The van der Waals surface area contributed by atoms with Crippen LogP contribution in [0, 0.1) is 17.8 Å². The first kappa shape index (κ1) is 14.6. The fourth-order valence-electron chi connectivity index (χ4n) is 2.85. The number of amides is 1. The third kappa shape index (κ3) is 2.84. The summed E-state index contributed by atoms with van der Waals surface area (Å²) in [6, 6.07) is 9.87. The van der Waals surface area contributed by atoms with Crippen LogP contribution in [0.4, 0.5) is 0 Å². The van der Waals surface area contributed by atoms with Crippen LogP contribution in [0.5, 0.6) is 0 Å². The Morgan fingerprint density at radius 2 is 1.80 bits per heavy atom. The molecule has 1 saturated carbocycles. The summed E-state index contributed by atoms with van der Waals surface area (Å²) >= 11 is 0. The molecule has 20 heavy (non-hydrogen) atoms. The minimum atomic E-state index is -0.863. The second-order valence-electron chi connectivity index (χ2n) is 5.84. The van der Waals surface area contributed by atoms with Crippen LogP contribution in [0.25, 0.3) is 0 Å². The van der Waals surface area contributed by atoms with Gasteiger partial charge >= 0.3 is 5.97 Å². The number of carbonyl (C=O) groups excluding carboxylic acids is 1. The molecule has 0 radical (unpaired) electrons. The van der Waals surface area contributed by atoms with Crippen molar-refractivity contribution < 1.29 is 14.7 Å². The molecule has 1 aromatic rings. The Hall–Kier alpha value is -1.84. The molecule has 0 spiro atoms. The van der Waals surface area contributed by atoms with Gasteiger partial charge in [-0.15, -0.1) is 0 Å². The fraction of sp³-hybridized carbons (Fsp3) is 0.500. The van der Waals surface area contributed by atoms with Gasteiger partial charge in [-0.2, -0.15) is 0 Å². The van der Waals surface area contributed by atoms with Crippen molar-refractivity contribution in [2.24, 2.45) is 17.8 Å². The van der Waals surface area contributed by atoms with Crippen LogP contribution in [0.3, 0.4) is 0 Å². The summed E-state index contributed by atoms with van der Waals surface area (Å²) in [7, 11) is 1.78. The number of benzene rings is 1. The molecule has 0 aromatic heterocycles. The molecular formula is C16H21NO3. The second-order valence-corrected chi connectivity index (χ2v) is 5.84. The molecular weight excluding hydrogens is 254 g/mol. The van der Waals surface area contributed by atoms with Crippen LogP contribution >= 0.6 is 0 Å². The van der Waals surface area contributed by atoms with Gasteiger partial charge in [0.1, 0.15) is 0 Å². The maximum absolute atomic E-state index is 12.4. The lowest BCUT2D eigenvalue weighted by Crippen LogP contribution is -2.35. The molecule has 3 atom stereocenters. The standard InChI is InChI=1S/C16H21NO3/c1-10(2)14(11-7-5-4-6-8-11)17(3)15(18)12-9-13(12)16(19)20/h4-8,10,12-14H,9H2,1-3H3,(H,19,20). The molecule has 1 aliphatic rings. The smallest absolute Gasteiger partial charge is 0.307 e. The maximum atomic E-state index is 12.4. The van der Waals surface area contributed by atoms with Crippen LogP contribution in [-0.2, 0) is 9.59 Å². The van der Waals surface area contributed by atoms with Crippen LogP contribution in [0.2, 0.25) is 0 Å². The number of carbonyl (C=O) groups is 2. The van der Waals surface area contributed by atoms with Gasteiger partial charge in [0.2, 0.25) is 5.91 Å². The molecule has 3 unspecified atom stereocenters. The number of nitrogens with zero attached hydrogens (tertiary/aromatic N) is 1. The van der Waals surface area contributed by atoms with Gasteiger partial charge < -0.3 is 10.0 Å². The highest BCUT2D eigenvalue weighted by atomic mass is 16.4. The van der Waals surface area contributed by atoms with Crippen molar-refractivity contribution in [1.29, 1.82) is 0 Å². The zero-order chi connectivity index (χ0) is 14.9. The molecule has 1 fully saturated rings. The quantitative estimate of drug-likeness (QED) is 0.898. The van der Waals surface area contributed by atoms with Gasteiger partial charge in [-0.1, -0.05) is 44.2 Å². The molecule has 4 heteroatoms. The predicted octanol–water partition coefficient (Wildman–Crippen LogP) is 2.56. The summed E-state index contributed by atoms with van der Waals surface area (Å²) in [5.41, 5.74) is 1.09. The Bertz CT molecular complexity index is 498. The summed E-state index contributed by atoms with van der Waals surface area (Å²) in [5, 5.41) is 8.95. The highest BCUT2D eigenvalue weighted by Gasteiger charge is 2.50. The second kappa shape index (κ2) is 5.65. The number of hydrogen-bond donors (Lipinski definition) is 1. The lowest BCUT2D eigenvalue weighted by atomic mass is 9.94. The molecule has 2 rings (SSSR count). The first-order valence-corrected chi connectivity index (χ1v) is 6.98. The zero-order valence-electron chi connectivity index (χ0n) is 12.1. The van der Waals surface area contributed by atoms with E-state index in [1.807, 2.05) is 30.3 Å². The summed E-state index contributed by atoms with van der Waals surface area (Å²) < 4.78 is 0. The van der Waals surface area contributed by atoms with Crippen molar-refractivity contribution in [3.63, 3.8) is 0 Å². The van der Waals surface area contributed by atoms with E-state index in [0.29, 0.717) is 6.42 Å². The van der Waals surface area contributed by atoms with Crippen molar-refractivity contribution in [2.45, 2.75) is 26.3 Å². The zero-order valence-corrected chi connectivity index (χ0v) is 12.1. The van der Waals surface area contributed by atoms with E-state index in [0.717, 1.165) is 5.56 Å². The fourth-order valence-corrected chi connectivity index (χ4v) is 2.85. The molecule has 1 amide bonds. The average Bonchev–Trinajstić information content (AvgIpc) is 3.19. The van der Waals surface area contributed by atoms with Gasteiger partial charge in [-0.25, -0.2) is 0 Å². The Morgan fingerprint density at radius 1 is 1.20 bits per heavy atom. The molecule has 1 aliphatic carbocycles. The normalized spacial score (nSPS) is 22.4. The first-order chi connectivity index (χ1) is 9.43. The van der Waals surface area contributed by atoms with E-state index >= 15 is 0 Å². The topological polar surface area (TPSA) is 57.6 Å². The van der Waals surface area contributed by atoms with E-state index in [2.05, 4.69) is 13.8 Å². The maximum Gasteiger partial charge on any atom is 0.307 e. The van der Waals surface area contributed by atoms with E-state index in [1.54, 1.807) is 11.9 Å². The van der Waals surface area contributed by atoms with E-state index in [1.165, 1.54) is 0 Å². The van der Waals surface area contributed by atoms with Gasteiger partial charge in [0, 0.05) is 7.05 Å². The molecule has 0 heterocycles. The summed E-state index contributed by atoms with van der Waals surface area (Å²) in [6.07, 6.45) is 0.470. The molecule has 0 bridgehead atoms. The van der Waals surface area contributed by atoms with E-state index in [9.17, 15) is 9.59 Å². The largest absolute Gasteiger partial charge is 0.481 e. The summed E-state index contributed by atoms with van der Waals surface area (Å²) in [4.78, 5) is 25.0. The number of rotatable bonds is 5. The highest BCUT2D eigenvalue weighted by Crippen LogP contribution is 2.42. The summed E-state index contributed by atoms with van der Waals surface area (Å²) in [5.74, 6) is -1.48. The van der Waals surface area contributed by atoms with Crippen LogP contribution < -0.4 is 0 Å². The van der Waals surface area contributed by atoms with Crippen LogP contribution in [-0.4, -0.2) is 28.9 Å². The van der Waals surface area contributed by atoms with Gasteiger partial charge in [-0.3, -0.25) is 9.59 Å². The molecule has 0 aliphatic heterocycles. The Kier molecular flexibility index (Phi) is 4.12. The van der Waals surface area contributed by atoms with E-state index in [4.69, 9.17) is 5.11 Å². The predicted molar refractivity (Wildman–Crippen MR) is 76.0 cm³/mol. The van der Waals surface area contributed by atoms with E-state index in [-0.39, 0.29) is 23.8 Å². The average molecular weight is 275 g/mol. The lowest BCUT2D eigenvalue weighted by molar-refractivity contribution is -0.142.